The molecular weight excluding hydrogens is 353 g/mol. The molecule has 4 heteroatoms. The van der Waals surface area contributed by atoms with Crippen molar-refractivity contribution < 1.29 is 4.39 Å². The van der Waals surface area contributed by atoms with Crippen LogP contribution in [0.15, 0.2) is 16.6 Å². The van der Waals surface area contributed by atoms with Crippen molar-refractivity contribution in [1.82, 2.24) is 0 Å². The minimum atomic E-state index is -0.340. The van der Waals surface area contributed by atoms with E-state index in [-0.39, 0.29) is 16.9 Å². The molecule has 0 heterocycles. The summed E-state index contributed by atoms with van der Waals surface area (Å²) in [5.74, 6) is 3.30. The van der Waals surface area contributed by atoms with Crippen molar-refractivity contribution in [3.05, 3.63) is 33.0 Å². The summed E-state index contributed by atoms with van der Waals surface area (Å²) < 4.78 is 15.1. The molecule has 0 saturated heterocycles. The molecule has 5 rings (SSSR count). The van der Waals surface area contributed by atoms with E-state index in [1.165, 1.54) is 32.1 Å². The fraction of sp³-hybridized carbons (Fsp3) is 0.647. The van der Waals surface area contributed by atoms with Crippen LogP contribution in [0.5, 0.6) is 0 Å². The maximum absolute atomic E-state index is 14.5. The van der Waals surface area contributed by atoms with E-state index >= 15 is 0 Å². The molecule has 4 aliphatic carbocycles. The van der Waals surface area contributed by atoms with Crippen LogP contribution in [0.1, 0.15) is 43.7 Å². The van der Waals surface area contributed by atoms with E-state index in [4.69, 9.17) is 17.3 Å². The topological polar surface area (TPSA) is 26.0 Å². The number of halogens is 3. The summed E-state index contributed by atoms with van der Waals surface area (Å²) in [7, 11) is 0. The summed E-state index contributed by atoms with van der Waals surface area (Å²) in [5.41, 5.74) is 7.12. The van der Waals surface area contributed by atoms with E-state index in [2.05, 4.69) is 15.9 Å². The largest absolute Gasteiger partial charge is 0.324 e. The molecule has 2 N–H and O–H groups in total. The zero-order valence-electron chi connectivity index (χ0n) is 11.9. The van der Waals surface area contributed by atoms with Crippen LogP contribution in [-0.2, 0) is 0 Å². The third kappa shape index (κ3) is 2.27. The van der Waals surface area contributed by atoms with E-state index in [9.17, 15) is 4.39 Å². The number of hydrogen-bond donors (Lipinski definition) is 1. The Kier molecular flexibility index (Phi) is 3.59. The number of benzene rings is 1. The first-order valence-corrected chi connectivity index (χ1v) is 9.10. The first kappa shape index (κ1) is 14.5. The fourth-order valence-electron chi connectivity index (χ4n) is 5.56. The molecule has 1 aromatic rings. The number of nitrogens with two attached hydrogens (primary N) is 1. The van der Waals surface area contributed by atoms with E-state index in [0.29, 0.717) is 27.8 Å². The summed E-state index contributed by atoms with van der Waals surface area (Å²) in [6.45, 7) is 0. The average molecular weight is 373 g/mol. The summed E-state index contributed by atoms with van der Waals surface area (Å²) in [5, 5.41) is 0.159. The van der Waals surface area contributed by atoms with E-state index in [0.717, 1.165) is 11.8 Å². The van der Waals surface area contributed by atoms with Gasteiger partial charge in [-0.05, 0) is 83.7 Å². The van der Waals surface area contributed by atoms with Gasteiger partial charge in [0.1, 0.15) is 5.82 Å². The van der Waals surface area contributed by atoms with E-state index < -0.39 is 0 Å². The minimum absolute atomic E-state index is 0.159. The normalized spacial score (nSPS) is 38.8. The van der Waals surface area contributed by atoms with Gasteiger partial charge >= 0.3 is 0 Å². The van der Waals surface area contributed by atoms with Gasteiger partial charge in [-0.3, -0.25) is 0 Å². The van der Waals surface area contributed by atoms with Crippen molar-refractivity contribution in [3.8, 4) is 0 Å². The highest BCUT2D eigenvalue weighted by atomic mass is 79.9. The molecule has 0 aliphatic heterocycles. The van der Waals surface area contributed by atoms with Crippen molar-refractivity contribution in [1.29, 1.82) is 0 Å². The van der Waals surface area contributed by atoms with Gasteiger partial charge in [0, 0.05) is 16.1 Å². The Bertz CT molecular complexity index is 548. The second-order valence-corrected chi connectivity index (χ2v) is 8.53. The Balaban J connectivity index is 1.66. The molecule has 0 amide bonds. The van der Waals surface area contributed by atoms with Crippen LogP contribution < -0.4 is 5.73 Å². The predicted molar refractivity (Wildman–Crippen MR) is 86.6 cm³/mol. The van der Waals surface area contributed by atoms with Gasteiger partial charge < -0.3 is 5.73 Å². The maximum atomic E-state index is 14.5. The van der Waals surface area contributed by atoms with Crippen LogP contribution in [0.4, 0.5) is 4.39 Å². The van der Waals surface area contributed by atoms with Crippen LogP contribution in [0.2, 0.25) is 5.02 Å². The lowest BCUT2D eigenvalue weighted by Crippen LogP contribution is -2.48. The highest BCUT2D eigenvalue weighted by Crippen LogP contribution is 2.59. The second-order valence-electron chi connectivity index (χ2n) is 7.30. The first-order valence-electron chi connectivity index (χ1n) is 7.93. The SMILES string of the molecule is NC(c1ccc(Br)c(Cl)c1F)C1C2CC3CC(C2)CC1C3. The maximum Gasteiger partial charge on any atom is 0.147 e. The van der Waals surface area contributed by atoms with Crippen LogP contribution in [-0.4, -0.2) is 0 Å². The van der Waals surface area contributed by atoms with Gasteiger partial charge in [0.2, 0.25) is 0 Å². The van der Waals surface area contributed by atoms with Gasteiger partial charge in [-0.15, -0.1) is 0 Å². The van der Waals surface area contributed by atoms with Gasteiger partial charge in [0.15, 0.2) is 0 Å². The van der Waals surface area contributed by atoms with Gasteiger partial charge in [0.25, 0.3) is 0 Å². The minimum Gasteiger partial charge on any atom is -0.324 e. The predicted octanol–water partition coefficient (Wildman–Crippen LogP) is 5.31. The van der Waals surface area contributed by atoms with Crippen LogP contribution in [0.25, 0.3) is 0 Å². The van der Waals surface area contributed by atoms with Crippen molar-refractivity contribution in [2.75, 3.05) is 0 Å². The Morgan fingerprint density at radius 3 is 2.24 bits per heavy atom. The van der Waals surface area contributed by atoms with Gasteiger partial charge in [-0.25, -0.2) is 4.39 Å². The van der Waals surface area contributed by atoms with Crippen molar-refractivity contribution >= 4 is 27.5 Å². The quantitative estimate of drug-likeness (QED) is 0.699. The monoisotopic (exact) mass is 371 g/mol. The van der Waals surface area contributed by atoms with E-state index in [1.54, 1.807) is 6.07 Å². The highest BCUT2D eigenvalue weighted by Gasteiger charge is 2.50. The summed E-state index contributed by atoms with van der Waals surface area (Å²) in [6.07, 6.45) is 6.64. The van der Waals surface area contributed by atoms with Crippen molar-refractivity contribution in [2.45, 2.75) is 38.1 Å². The lowest BCUT2D eigenvalue weighted by Gasteiger charge is -2.56. The van der Waals surface area contributed by atoms with Crippen LogP contribution >= 0.6 is 27.5 Å². The lowest BCUT2D eigenvalue weighted by molar-refractivity contribution is -0.0475. The van der Waals surface area contributed by atoms with Crippen LogP contribution in [0, 0.1) is 35.4 Å². The molecule has 114 valence electrons. The molecule has 4 fully saturated rings. The molecule has 1 aromatic carbocycles. The molecule has 1 unspecified atom stereocenters. The summed E-state index contributed by atoms with van der Waals surface area (Å²) in [6, 6.07) is 3.41. The zero-order valence-corrected chi connectivity index (χ0v) is 14.2. The molecule has 21 heavy (non-hydrogen) atoms. The average Bonchev–Trinajstić information content (AvgIpc) is 2.43. The van der Waals surface area contributed by atoms with Crippen molar-refractivity contribution in [2.24, 2.45) is 35.3 Å². The fourth-order valence-corrected chi connectivity index (χ4v) is 6.04. The highest BCUT2D eigenvalue weighted by molar-refractivity contribution is 9.10. The van der Waals surface area contributed by atoms with Crippen molar-refractivity contribution in [3.63, 3.8) is 0 Å². The Hall–Kier alpha value is -0.120. The lowest BCUT2D eigenvalue weighted by atomic mass is 9.50. The van der Waals surface area contributed by atoms with Crippen LogP contribution in [0.3, 0.4) is 0 Å². The third-order valence-corrected chi connectivity index (χ3v) is 7.40. The first-order chi connectivity index (χ1) is 10.0. The smallest absolute Gasteiger partial charge is 0.147 e. The summed E-state index contributed by atoms with van der Waals surface area (Å²) >= 11 is 9.31. The number of rotatable bonds is 2. The van der Waals surface area contributed by atoms with Gasteiger partial charge in [0.05, 0.1) is 5.02 Å². The summed E-state index contributed by atoms with van der Waals surface area (Å²) in [4.78, 5) is 0. The number of hydrogen-bond acceptors (Lipinski definition) is 1. The van der Waals surface area contributed by atoms with E-state index in [1.807, 2.05) is 6.07 Å². The molecule has 0 spiro atoms. The standard InChI is InChI=1S/C17H20BrClFN/c18-13-2-1-12(16(20)15(13)19)17(21)14-10-4-8-3-9(6-10)7-11(14)5-8/h1-2,8-11,14,17H,3-7,21H2. The molecule has 4 bridgehead atoms. The molecule has 4 saturated carbocycles. The molecular formula is C17H20BrClFN. The third-order valence-electron chi connectivity index (χ3n) is 6.14. The Morgan fingerprint density at radius 1 is 1.10 bits per heavy atom. The Labute approximate surface area is 138 Å². The van der Waals surface area contributed by atoms with Gasteiger partial charge in [-0.1, -0.05) is 17.7 Å². The van der Waals surface area contributed by atoms with Gasteiger partial charge in [-0.2, -0.15) is 0 Å². The molecule has 0 aromatic heterocycles. The Morgan fingerprint density at radius 2 is 1.67 bits per heavy atom. The molecule has 4 aliphatic rings. The molecule has 1 nitrogen and oxygen atoms in total. The molecule has 1 atom stereocenters. The second kappa shape index (κ2) is 5.21. The molecule has 0 radical (unpaired) electrons. The zero-order chi connectivity index (χ0) is 14.7.